The zero-order chi connectivity index (χ0) is 13.1. The van der Waals surface area contributed by atoms with Crippen LogP contribution in [0.2, 0.25) is 5.02 Å². The van der Waals surface area contributed by atoms with E-state index < -0.39 is 0 Å². The Morgan fingerprint density at radius 1 is 1.33 bits per heavy atom. The van der Waals surface area contributed by atoms with Crippen LogP contribution in [0, 0.1) is 5.82 Å². The molecule has 1 aromatic heterocycles. The third-order valence-electron chi connectivity index (χ3n) is 2.58. The Hall–Kier alpha value is -0.970. The fraction of sp³-hybridized carbons (Fsp3) is 0.154. The number of rotatable bonds is 3. The first kappa shape index (κ1) is 13.5. The lowest BCUT2D eigenvalue weighted by molar-refractivity contribution is 0.621. The lowest BCUT2D eigenvalue weighted by Crippen LogP contribution is -2.15. The van der Waals surface area contributed by atoms with Gasteiger partial charge in [0, 0.05) is 15.7 Å². The zero-order valence-electron chi connectivity index (χ0n) is 9.41. The van der Waals surface area contributed by atoms with Crippen molar-refractivity contribution >= 4 is 27.5 Å². The Kier molecular flexibility index (Phi) is 4.32. The maximum atomic E-state index is 13.1. The van der Waals surface area contributed by atoms with Gasteiger partial charge in [-0.25, -0.2) is 4.39 Å². The molecule has 0 aliphatic heterocycles. The van der Waals surface area contributed by atoms with Crippen molar-refractivity contribution in [2.75, 3.05) is 0 Å². The minimum Gasteiger partial charge on any atom is -0.322 e. The number of nitrogens with zero attached hydrogens (tertiary/aromatic N) is 1. The Balaban J connectivity index is 2.18. The van der Waals surface area contributed by atoms with Gasteiger partial charge in [-0.05, 0) is 58.2 Å². The Bertz CT molecular complexity index is 545. The highest BCUT2D eigenvalue weighted by molar-refractivity contribution is 9.10. The van der Waals surface area contributed by atoms with E-state index in [1.54, 1.807) is 6.20 Å². The summed E-state index contributed by atoms with van der Waals surface area (Å²) in [5.74, 6) is -0.314. The molecule has 2 aromatic rings. The fourth-order valence-corrected chi connectivity index (χ4v) is 2.08. The second-order valence-corrected chi connectivity index (χ2v) is 5.27. The molecular weight excluding hydrogens is 319 g/mol. The summed E-state index contributed by atoms with van der Waals surface area (Å²) in [4.78, 5) is 4.22. The van der Waals surface area contributed by atoms with E-state index in [9.17, 15) is 4.39 Å². The smallest absolute Gasteiger partial charge is 0.123 e. The third-order valence-corrected chi connectivity index (χ3v) is 3.42. The van der Waals surface area contributed by atoms with Crippen molar-refractivity contribution in [3.8, 4) is 0 Å². The Morgan fingerprint density at radius 3 is 2.78 bits per heavy atom. The molecule has 0 saturated heterocycles. The highest BCUT2D eigenvalue weighted by Crippen LogP contribution is 2.22. The summed E-state index contributed by atoms with van der Waals surface area (Å²) < 4.78 is 14.0. The molecule has 0 amide bonds. The molecule has 5 heteroatoms. The highest BCUT2D eigenvalue weighted by Gasteiger charge is 2.11. The zero-order valence-corrected chi connectivity index (χ0v) is 11.7. The van der Waals surface area contributed by atoms with Gasteiger partial charge in [0.15, 0.2) is 0 Å². The maximum Gasteiger partial charge on any atom is 0.123 e. The van der Waals surface area contributed by atoms with E-state index in [4.69, 9.17) is 17.3 Å². The summed E-state index contributed by atoms with van der Waals surface area (Å²) in [6.07, 6.45) is 2.13. The van der Waals surface area contributed by atoms with Crippen molar-refractivity contribution in [1.82, 2.24) is 4.98 Å². The molecule has 2 nitrogen and oxygen atoms in total. The summed E-state index contributed by atoms with van der Waals surface area (Å²) in [7, 11) is 0. The van der Waals surface area contributed by atoms with Crippen LogP contribution in [-0.2, 0) is 6.42 Å². The molecule has 2 rings (SSSR count). The van der Waals surface area contributed by atoms with E-state index in [1.807, 2.05) is 12.1 Å². The van der Waals surface area contributed by atoms with E-state index in [2.05, 4.69) is 20.9 Å². The topological polar surface area (TPSA) is 38.9 Å². The van der Waals surface area contributed by atoms with Gasteiger partial charge in [0.25, 0.3) is 0 Å². The quantitative estimate of drug-likeness (QED) is 0.928. The summed E-state index contributed by atoms with van der Waals surface area (Å²) in [6.45, 7) is 0. The molecule has 0 fully saturated rings. The van der Waals surface area contributed by atoms with Crippen LogP contribution in [0.5, 0.6) is 0 Å². The average Bonchev–Trinajstić information content (AvgIpc) is 2.34. The lowest BCUT2D eigenvalue weighted by atomic mass is 10.0. The van der Waals surface area contributed by atoms with Crippen molar-refractivity contribution in [1.29, 1.82) is 0 Å². The molecule has 0 spiro atoms. The van der Waals surface area contributed by atoms with Crippen molar-refractivity contribution < 1.29 is 4.39 Å². The maximum absolute atomic E-state index is 13.1. The van der Waals surface area contributed by atoms with E-state index >= 15 is 0 Å². The van der Waals surface area contributed by atoms with Crippen LogP contribution in [0.3, 0.4) is 0 Å². The van der Waals surface area contributed by atoms with Gasteiger partial charge in [0.2, 0.25) is 0 Å². The van der Waals surface area contributed by atoms with Gasteiger partial charge in [-0.15, -0.1) is 0 Å². The van der Waals surface area contributed by atoms with E-state index in [1.165, 1.54) is 18.2 Å². The van der Waals surface area contributed by atoms with Gasteiger partial charge in [-0.3, -0.25) is 4.98 Å². The molecule has 1 aromatic carbocycles. The molecule has 0 bridgehead atoms. The minimum absolute atomic E-state index is 0.308. The van der Waals surface area contributed by atoms with Crippen LogP contribution in [0.25, 0.3) is 0 Å². The number of pyridine rings is 1. The fourth-order valence-electron chi connectivity index (χ4n) is 1.65. The summed E-state index contributed by atoms with van der Waals surface area (Å²) in [6, 6.07) is 7.67. The molecule has 0 aliphatic rings. The summed E-state index contributed by atoms with van der Waals surface area (Å²) >= 11 is 9.31. The molecule has 94 valence electrons. The van der Waals surface area contributed by atoms with Crippen LogP contribution in [0.15, 0.2) is 41.0 Å². The van der Waals surface area contributed by atoms with Gasteiger partial charge in [0.05, 0.1) is 11.7 Å². The molecule has 0 saturated carbocycles. The van der Waals surface area contributed by atoms with E-state index in [-0.39, 0.29) is 11.9 Å². The van der Waals surface area contributed by atoms with Crippen molar-refractivity contribution in [2.24, 2.45) is 5.73 Å². The van der Waals surface area contributed by atoms with E-state index in [0.29, 0.717) is 17.0 Å². The SMILES string of the molecule is NC(Cc1cc(F)ccc1Cl)c1ccc(Br)cn1. The normalized spacial score (nSPS) is 12.4. The molecule has 1 unspecified atom stereocenters. The van der Waals surface area contributed by atoms with E-state index in [0.717, 1.165) is 10.2 Å². The number of halogens is 3. The molecule has 0 aliphatic carbocycles. The lowest BCUT2D eigenvalue weighted by Gasteiger charge is -2.12. The first-order chi connectivity index (χ1) is 8.56. The molecular formula is C13H11BrClFN2. The first-order valence-corrected chi connectivity index (χ1v) is 6.54. The van der Waals surface area contributed by atoms with Crippen molar-refractivity contribution in [3.63, 3.8) is 0 Å². The van der Waals surface area contributed by atoms with Gasteiger partial charge >= 0.3 is 0 Å². The van der Waals surface area contributed by atoms with Crippen LogP contribution in [0.4, 0.5) is 4.39 Å². The third kappa shape index (κ3) is 3.28. The van der Waals surface area contributed by atoms with Crippen molar-refractivity contribution in [2.45, 2.75) is 12.5 Å². The highest BCUT2D eigenvalue weighted by atomic mass is 79.9. The molecule has 18 heavy (non-hydrogen) atoms. The number of aromatic nitrogens is 1. The van der Waals surface area contributed by atoms with Crippen LogP contribution >= 0.6 is 27.5 Å². The summed E-state index contributed by atoms with van der Waals surface area (Å²) in [5.41, 5.74) is 7.47. The molecule has 1 atom stereocenters. The van der Waals surface area contributed by atoms with Crippen LogP contribution < -0.4 is 5.73 Å². The van der Waals surface area contributed by atoms with Gasteiger partial charge in [-0.2, -0.15) is 0 Å². The monoisotopic (exact) mass is 328 g/mol. The number of benzene rings is 1. The second kappa shape index (κ2) is 5.78. The number of nitrogens with two attached hydrogens (primary N) is 1. The standard InChI is InChI=1S/C13H11BrClFN2/c14-9-1-4-13(18-7-9)12(17)6-8-5-10(16)2-3-11(8)15/h1-5,7,12H,6,17H2. The first-order valence-electron chi connectivity index (χ1n) is 5.37. The predicted molar refractivity (Wildman–Crippen MR) is 74.0 cm³/mol. The largest absolute Gasteiger partial charge is 0.322 e. The molecule has 0 radical (unpaired) electrons. The molecule has 1 heterocycles. The number of hydrogen-bond donors (Lipinski definition) is 1. The molecule has 2 N–H and O–H groups in total. The van der Waals surface area contributed by atoms with Gasteiger partial charge in [0.1, 0.15) is 5.82 Å². The Morgan fingerprint density at radius 2 is 2.11 bits per heavy atom. The minimum atomic E-state index is -0.314. The van der Waals surface area contributed by atoms with Gasteiger partial charge < -0.3 is 5.73 Å². The van der Waals surface area contributed by atoms with Crippen LogP contribution in [0.1, 0.15) is 17.3 Å². The Labute approximate surface area is 118 Å². The van der Waals surface area contributed by atoms with Crippen molar-refractivity contribution in [3.05, 3.63) is 63.1 Å². The second-order valence-electron chi connectivity index (χ2n) is 3.95. The van der Waals surface area contributed by atoms with Gasteiger partial charge in [-0.1, -0.05) is 11.6 Å². The van der Waals surface area contributed by atoms with Crippen LogP contribution in [-0.4, -0.2) is 4.98 Å². The average molecular weight is 330 g/mol. The number of hydrogen-bond acceptors (Lipinski definition) is 2. The predicted octanol–water partition coefficient (Wildman–Crippen LogP) is 3.88. The summed E-state index contributed by atoms with van der Waals surface area (Å²) in [5, 5.41) is 0.518.